The molecule has 1 atom stereocenters. The largest absolute Gasteiger partial charge is 0.325 e. The van der Waals surface area contributed by atoms with Gasteiger partial charge in [-0.2, -0.15) is 0 Å². The number of carbonyl (C=O) groups excluding carboxylic acids is 1. The highest BCUT2D eigenvalue weighted by molar-refractivity contribution is 6.39. The fraction of sp³-hybridized carbons (Fsp3) is 0.562. The molecule has 1 amide bonds. The Labute approximate surface area is 136 Å². The quantitative estimate of drug-likeness (QED) is 0.877. The van der Waals surface area contributed by atoms with Crippen molar-refractivity contribution >= 4 is 34.8 Å². The Hall–Kier alpha value is -0.770. The lowest BCUT2D eigenvalue weighted by atomic mass is 10.1. The van der Waals surface area contributed by atoms with Gasteiger partial charge >= 0.3 is 0 Å². The van der Waals surface area contributed by atoms with Gasteiger partial charge in [-0.1, -0.05) is 35.7 Å². The predicted molar refractivity (Wildman–Crippen MR) is 88.3 cm³/mol. The Morgan fingerprint density at radius 1 is 1.10 bits per heavy atom. The number of amides is 1. The van der Waals surface area contributed by atoms with Crippen LogP contribution in [0.4, 0.5) is 5.69 Å². The monoisotopic (exact) mass is 329 g/mol. The molecule has 1 heterocycles. The van der Waals surface area contributed by atoms with Gasteiger partial charge in [0.05, 0.1) is 28.8 Å². The number of quaternary nitrogens is 1. The predicted octanol–water partition coefficient (Wildman–Crippen LogP) is 3.17. The zero-order valence-electron chi connectivity index (χ0n) is 12.4. The number of likely N-dealkylation sites (tertiary alicyclic amines) is 1. The van der Waals surface area contributed by atoms with E-state index < -0.39 is 0 Å². The minimum Gasteiger partial charge on any atom is -0.325 e. The van der Waals surface area contributed by atoms with E-state index >= 15 is 0 Å². The van der Waals surface area contributed by atoms with E-state index in [2.05, 4.69) is 5.32 Å². The highest BCUT2D eigenvalue weighted by Crippen LogP contribution is 2.29. The molecule has 0 radical (unpaired) electrons. The van der Waals surface area contributed by atoms with Gasteiger partial charge < -0.3 is 10.2 Å². The van der Waals surface area contributed by atoms with Crippen molar-refractivity contribution in [3.8, 4) is 0 Å². The molecule has 0 bridgehead atoms. The summed E-state index contributed by atoms with van der Waals surface area (Å²) in [5, 5.41) is 3.84. The van der Waals surface area contributed by atoms with Crippen molar-refractivity contribution in [3.05, 3.63) is 28.2 Å². The van der Waals surface area contributed by atoms with E-state index in [0.29, 0.717) is 15.7 Å². The van der Waals surface area contributed by atoms with Crippen LogP contribution in [0, 0.1) is 0 Å². The Bertz CT molecular complexity index is 465. The van der Waals surface area contributed by atoms with Crippen molar-refractivity contribution in [2.24, 2.45) is 0 Å². The maximum absolute atomic E-state index is 12.5. The van der Waals surface area contributed by atoms with Gasteiger partial charge in [-0.25, -0.2) is 0 Å². The fourth-order valence-electron chi connectivity index (χ4n) is 2.83. The molecule has 0 unspecified atom stereocenters. The van der Waals surface area contributed by atoms with E-state index in [1.807, 2.05) is 6.92 Å². The molecule has 1 fully saturated rings. The van der Waals surface area contributed by atoms with Crippen LogP contribution < -0.4 is 10.2 Å². The first-order valence-electron chi connectivity index (χ1n) is 7.69. The lowest BCUT2D eigenvalue weighted by Crippen LogP contribution is -3.16. The molecule has 2 rings (SSSR count). The number of hydrogen-bond acceptors (Lipinski definition) is 1. The van der Waals surface area contributed by atoms with E-state index in [1.165, 1.54) is 37.0 Å². The van der Waals surface area contributed by atoms with Crippen molar-refractivity contribution in [1.29, 1.82) is 0 Å². The number of nitrogens with one attached hydrogen (secondary N) is 2. The third kappa shape index (κ3) is 4.60. The molecule has 5 heteroatoms. The molecule has 1 aliphatic rings. The first-order valence-corrected chi connectivity index (χ1v) is 8.44. The summed E-state index contributed by atoms with van der Waals surface area (Å²) in [4.78, 5) is 13.8. The maximum atomic E-state index is 12.5. The molecule has 116 valence electrons. The minimum atomic E-state index is -0.0876. The number of rotatable bonds is 3. The summed E-state index contributed by atoms with van der Waals surface area (Å²) in [6, 6.07) is 5.15. The highest BCUT2D eigenvalue weighted by Gasteiger charge is 2.26. The Kier molecular flexibility index (Phi) is 6.34. The first kappa shape index (κ1) is 16.6. The van der Waals surface area contributed by atoms with Gasteiger partial charge in [0.2, 0.25) is 0 Å². The molecule has 0 spiro atoms. The number of para-hydroxylation sites is 1. The average molecular weight is 330 g/mol. The lowest BCUT2D eigenvalue weighted by Gasteiger charge is -2.27. The van der Waals surface area contributed by atoms with Crippen LogP contribution in [0.5, 0.6) is 0 Å². The SMILES string of the molecule is C[C@H](C(=O)Nc1c(Cl)cccc1Cl)[NH+]1CCCCCCC1. The molecule has 1 aromatic carbocycles. The van der Waals surface area contributed by atoms with E-state index in [1.54, 1.807) is 18.2 Å². The normalized spacial score (nSPS) is 18.6. The Morgan fingerprint density at radius 2 is 1.62 bits per heavy atom. The molecular formula is C16H23Cl2N2O+. The van der Waals surface area contributed by atoms with Gasteiger partial charge in [0.15, 0.2) is 6.04 Å². The second kappa shape index (κ2) is 8.02. The van der Waals surface area contributed by atoms with E-state index in [9.17, 15) is 4.79 Å². The first-order chi connectivity index (χ1) is 10.1. The van der Waals surface area contributed by atoms with Crippen molar-refractivity contribution < 1.29 is 9.69 Å². The summed E-state index contributed by atoms with van der Waals surface area (Å²) in [5.41, 5.74) is 0.518. The van der Waals surface area contributed by atoms with Crippen LogP contribution in [0.1, 0.15) is 39.0 Å². The molecule has 3 nitrogen and oxygen atoms in total. The van der Waals surface area contributed by atoms with Crippen molar-refractivity contribution in [2.45, 2.75) is 45.1 Å². The molecule has 0 aromatic heterocycles. The average Bonchev–Trinajstić information content (AvgIpc) is 2.42. The molecule has 0 saturated carbocycles. The van der Waals surface area contributed by atoms with Gasteiger partial charge in [0.25, 0.3) is 5.91 Å². The summed E-state index contributed by atoms with van der Waals surface area (Å²) < 4.78 is 0. The molecule has 0 aliphatic carbocycles. The summed E-state index contributed by atoms with van der Waals surface area (Å²) in [6.07, 6.45) is 6.26. The minimum absolute atomic E-state index is 0.0134. The standard InChI is InChI=1S/C16H22Cl2N2O/c1-12(20-10-5-3-2-4-6-11-20)16(21)19-15-13(17)8-7-9-14(15)18/h7-9,12H,2-6,10-11H2,1H3,(H,19,21)/p+1/t12-/m1/s1. The van der Waals surface area contributed by atoms with Crippen LogP contribution >= 0.6 is 23.2 Å². The number of anilines is 1. The van der Waals surface area contributed by atoms with Gasteiger partial charge in [-0.3, -0.25) is 4.79 Å². The summed E-state index contributed by atoms with van der Waals surface area (Å²) >= 11 is 12.2. The van der Waals surface area contributed by atoms with Crippen LogP contribution in [0.2, 0.25) is 10.0 Å². The van der Waals surface area contributed by atoms with Gasteiger partial charge in [-0.15, -0.1) is 0 Å². The molecule has 2 N–H and O–H groups in total. The second-order valence-electron chi connectivity index (χ2n) is 5.73. The van der Waals surface area contributed by atoms with Crippen LogP contribution in [0.15, 0.2) is 18.2 Å². The van der Waals surface area contributed by atoms with Crippen LogP contribution in [0.25, 0.3) is 0 Å². The van der Waals surface area contributed by atoms with Crippen molar-refractivity contribution in [1.82, 2.24) is 0 Å². The highest BCUT2D eigenvalue weighted by atomic mass is 35.5. The molecule has 1 saturated heterocycles. The third-order valence-electron chi connectivity index (χ3n) is 4.21. The second-order valence-corrected chi connectivity index (χ2v) is 6.55. The van der Waals surface area contributed by atoms with Crippen molar-refractivity contribution in [3.63, 3.8) is 0 Å². The number of carbonyl (C=O) groups is 1. The number of halogens is 2. The van der Waals surface area contributed by atoms with E-state index in [0.717, 1.165) is 13.1 Å². The Balaban J connectivity index is 2.01. The lowest BCUT2D eigenvalue weighted by molar-refractivity contribution is -0.914. The van der Waals surface area contributed by atoms with Gasteiger partial charge in [-0.05, 0) is 44.7 Å². The van der Waals surface area contributed by atoms with E-state index in [4.69, 9.17) is 23.2 Å². The van der Waals surface area contributed by atoms with Gasteiger partial charge in [0, 0.05) is 0 Å². The Morgan fingerprint density at radius 3 is 2.19 bits per heavy atom. The topological polar surface area (TPSA) is 33.5 Å². The molecule has 1 aromatic rings. The molecule has 1 aliphatic heterocycles. The third-order valence-corrected chi connectivity index (χ3v) is 4.84. The number of hydrogen-bond donors (Lipinski definition) is 2. The van der Waals surface area contributed by atoms with Gasteiger partial charge in [0.1, 0.15) is 0 Å². The summed E-state index contributed by atoms with van der Waals surface area (Å²) in [7, 11) is 0. The van der Waals surface area contributed by atoms with Crippen LogP contribution in [-0.4, -0.2) is 25.0 Å². The number of benzene rings is 1. The van der Waals surface area contributed by atoms with Crippen LogP contribution in [0.3, 0.4) is 0 Å². The maximum Gasteiger partial charge on any atom is 0.282 e. The summed E-state index contributed by atoms with van der Waals surface area (Å²) in [5.74, 6) is -0.0134. The smallest absolute Gasteiger partial charge is 0.282 e. The summed E-state index contributed by atoms with van der Waals surface area (Å²) in [6.45, 7) is 4.10. The molecular weight excluding hydrogens is 307 g/mol. The zero-order valence-corrected chi connectivity index (χ0v) is 13.9. The van der Waals surface area contributed by atoms with Crippen molar-refractivity contribution in [2.75, 3.05) is 18.4 Å². The molecule has 21 heavy (non-hydrogen) atoms. The van der Waals surface area contributed by atoms with E-state index in [-0.39, 0.29) is 11.9 Å². The fourth-order valence-corrected chi connectivity index (χ4v) is 3.32. The van der Waals surface area contributed by atoms with Crippen LogP contribution in [-0.2, 0) is 4.79 Å². The zero-order chi connectivity index (χ0) is 15.2.